The Kier molecular flexibility index (Phi) is 6.38. The van der Waals surface area contributed by atoms with E-state index in [1.54, 1.807) is 7.11 Å². The van der Waals surface area contributed by atoms with Gasteiger partial charge in [-0.25, -0.2) is 0 Å². The van der Waals surface area contributed by atoms with E-state index < -0.39 is 5.41 Å². The van der Waals surface area contributed by atoms with Crippen LogP contribution in [0.3, 0.4) is 0 Å². The van der Waals surface area contributed by atoms with Crippen LogP contribution in [0.1, 0.15) is 60.7 Å². The molecule has 6 rings (SSSR count). The standard InChI is InChI=1S/C28H38N4O4/c1-18-10-21-16-32(8-5-22(21)29-15-18)27(33)28-13-19(11-20-6-9-35-17-25(20)34-3)12-26(28)36-24(14-28)23-4-7-30-31(23)2/h4,7,10,15,19-20,24-26H,5-6,8-9,11-14,16-17H2,1-3H3/t19-,20?,24?,25?,26-,28+/m1/s1. The summed E-state index contributed by atoms with van der Waals surface area (Å²) in [6.07, 6.45) is 9.18. The van der Waals surface area contributed by atoms with E-state index >= 15 is 0 Å². The summed E-state index contributed by atoms with van der Waals surface area (Å²) in [6, 6.07) is 4.21. The number of pyridine rings is 1. The number of aryl methyl sites for hydroxylation is 2. The Morgan fingerprint density at radius 3 is 3.03 bits per heavy atom. The zero-order valence-corrected chi connectivity index (χ0v) is 21.7. The van der Waals surface area contributed by atoms with Crippen LogP contribution in [0.4, 0.5) is 0 Å². The zero-order valence-electron chi connectivity index (χ0n) is 21.7. The second-order valence-electron chi connectivity index (χ2n) is 11.4. The summed E-state index contributed by atoms with van der Waals surface area (Å²) in [5, 5.41) is 4.36. The van der Waals surface area contributed by atoms with Crippen LogP contribution in [-0.2, 0) is 39.0 Å². The predicted octanol–water partition coefficient (Wildman–Crippen LogP) is 3.38. The number of carbonyl (C=O) groups is 1. The van der Waals surface area contributed by atoms with Crippen molar-refractivity contribution in [1.29, 1.82) is 0 Å². The first kappa shape index (κ1) is 24.1. The first-order valence-corrected chi connectivity index (χ1v) is 13.4. The quantitative estimate of drug-likeness (QED) is 0.634. The number of carbonyl (C=O) groups excluding carboxylic acids is 1. The lowest BCUT2D eigenvalue weighted by Crippen LogP contribution is -2.48. The highest BCUT2D eigenvalue weighted by atomic mass is 16.5. The summed E-state index contributed by atoms with van der Waals surface area (Å²) in [6.45, 7) is 4.90. The molecule has 0 radical (unpaired) electrons. The Hall–Kier alpha value is -2.29. The maximum absolute atomic E-state index is 14.4. The van der Waals surface area contributed by atoms with Crippen LogP contribution in [0.25, 0.3) is 0 Å². The van der Waals surface area contributed by atoms with Crippen LogP contribution < -0.4 is 0 Å². The predicted molar refractivity (Wildman–Crippen MR) is 133 cm³/mol. The van der Waals surface area contributed by atoms with Gasteiger partial charge in [-0.05, 0) is 68.1 Å². The smallest absolute Gasteiger partial charge is 0.231 e. The fraction of sp³-hybridized carbons (Fsp3) is 0.679. The van der Waals surface area contributed by atoms with Gasteiger partial charge in [0.05, 0.1) is 29.9 Å². The van der Waals surface area contributed by atoms with Crippen LogP contribution in [0.15, 0.2) is 24.5 Å². The Morgan fingerprint density at radius 2 is 2.22 bits per heavy atom. The monoisotopic (exact) mass is 494 g/mol. The fourth-order valence-corrected chi connectivity index (χ4v) is 7.35. The minimum absolute atomic E-state index is 0.0623. The van der Waals surface area contributed by atoms with Crippen molar-refractivity contribution in [1.82, 2.24) is 19.7 Å². The molecule has 3 aliphatic heterocycles. The number of rotatable bonds is 5. The number of nitrogens with zero attached hydrogens (tertiary/aromatic N) is 4. The molecule has 3 fully saturated rings. The van der Waals surface area contributed by atoms with Gasteiger partial charge in [0.2, 0.25) is 5.91 Å². The number of amides is 1. The van der Waals surface area contributed by atoms with E-state index in [9.17, 15) is 4.79 Å². The van der Waals surface area contributed by atoms with Gasteiger partial charge in [-0.1, -0.05) is 6.07 Å². The molecule has 5 heterocycles. The van der Waals surface area contributed by atoms with Crippen molar-refractivity contribution in [2.75, 3.05) is 26.9 Å². The minimum atomic E-state index is -0.484. The second kappa shape index (κ2) is 9.54. The molecule has 194 valence electrons. The van der Waals surface area contributed by atoms with Crippen LogP contribution in [0.2, 0.25) is 0 Å². The molecule has 2 saturated heterocycles. The number of fused-ring (bicyclic) bond motifs is 2. The van der Waals surface area contributed by atoms with Gasteiger partial charge < -0.3 is 19.1 Å². The summed E-state index contributed by atoms with van der Waals surface area (Å²) in [7, 11) is 3.74. The highest BCUT2D eigenvalue weighted by molar-refractivity contribution is 5.84. The normalized spacial score (nSPS) is 34.0. The third-order valence-electron chi connectivity index (χ3n) is 9.15. The molecule has 6 atom stereocenters. The van der Waals surface area contributed by atoms with Crippen molar-refractivity contribution < 1.29 is 19.0 Å². The van der Waals surface area contributed by atoms with Crippen molar-refractivity contribution >= 4 is 5.91 Å². The van der Waals surface area contributed by atoms with Crippen molar-refractivity contribution in [3.8, 4) is 0 Å². The molecule has 0 aromatic carbocycles. The van der Waals surface area contributed by atoms with E-state index in [4.69, 9.17) is 14.2 Å². The lowest BCUT2D eigenvalue weighted by Gasteiger charge is -2.37. The van der Waals surface area contributed by atoms with Crippen LogP contribution in [0.5, 0.6) is 0 Å². The summed E-state index contributed by atoms with van der Waals surface area (Å²) in [5.41, 5.74) is 4.03. The number of aromatic nitrogens is 3. The first-order valence-electron chi connectivity index (χ1n) is 13.4. The Morgan fingerprint density at radius 1 is 1.33 bits per heavy atom. The maximum atomic E-state index is 14.4. The van der Waals surface area contributed by atoms with Crippen LogP contribution in [0, 0.1) is 24.2 Å². The van der Waals surface area contributed by atoms with Gasteiger partial charge in [-0.2, -0.15) is 5.10 Å². The average molecular weight is 495 g/mol. The van der Waals surface area contributed by atoms with Gasteiger partial charge >= 0.3 is 0 Å². The molecule has 36 heavy (non-hydrogen) atoms. The summed E-state index contributed by atoms with van der Waals surface area (Å²) in [5.74, 6) is 1.19. The Bertz CT molecular complexity index is 1120. The van der Waals surface area contributed by atoms with E-state index in [0.29, 0.717) is 25.0 Å². The van der Waals surface area contributed by atoms with Gasteiger partial charge in [0.15, 0.2) is 0 Å². The molecular weight excluding hydrogens is 456 g/mol. The van der Waals surface area contributed by atoms with Crippen molar-refractivity contribution in [3.63, 3.8) is 0 Å². The molecule has 3 unspecified atom stereocenters. The number of hydrogen-bond acceptors (Lipinski definition) is 6. The van der Waals surface area contributed by atoms with Crippen molar-refractivity contribution in [2.24, 2.45) is 24.3 Å². The molecule has 0 N–H and O–H groups in total. The molecule has 0 bridgehead atoms. The van der Waals surface area contributed by atoms with Crippen LogP contribution in [-0.4, -0.2) is 64.6 Å². The topological polar surface area (TPSA) is 78.7 Å². The molecule has 8 nitrogen and oxygen atoms in total. The lowest BCUT2D eigenvalue weighted by molar-refractivity contribution is -0.145. The molecule has 8 heteroatoms. The zero-order chi connectivity index (χ0) is 24.9. The number of ether oxygens (including phenoxy) is 3. The Balaban J connectivity index is 1.25. The molecule has 2 aromatic rings. The molecule has 1 amide bonds. The van der Waals surface area contributed by atoms with Gasteiger partial charge in [-0.3, -0.25) is 14.5 Å². The minimum Gasteiger partial charge on any atom is -0.379 e. The summed E-state index contributed by atoms with van der Waals surface area (Å²) in [4.78, 5) is 21.1. The first-order chi connectivity index (χ1) is 17.5. The van der Waals surface area contributed by atoms with E-state index in [-0.39, 0.29) is 24.2 Å². The van der Waals surface area contributed by atoms with Gasteiger partial charge in [0, 0.05) is 58.4 Å². The van der Waals surface area contributed by atoms with Crippen molar-refractivity contribution in [2.45, 2.75) is 70.3 Å². The summed E-state index contributed by atoms with van der Waals surface area (Å²) < 4.78 is 20.0. The molecule has 0 spiro atoms. The molecule has 4 aliphatic rings. The average Bonchev–Trinajstić information content (AvgIpc) is 3.55. The van der Waals surface area contributed by atoms with Crippen LogP contribution >= 0.6 is 0 Å². The lowest BCUT2D eigenvalue weighted by atomic mass is 9.77. The molecular formula is C28H38N4O4. The maximum Gasteiger partial charge on any atom is 0.231 e. The van der Waals surface area contributed by atoms with E-state index in [2.05, 4.69) is 28.0 Å². The number of hydrogen-bond donors (Lipinski definition) is 0. The van der Waals surface area contributed by atoms with Gasteiger partial charge in [0.25, 0.3) is 0 Å². The molecule has 1 aliphatic carbocycles. The third kappa shape index (κ3) is 4.17. The highest BCUT2D eigenvalue weighted by Gasteiger charge is 2.60. The van der Waals surface area contributed by atoms with Gasteiger partial charge in [0.1, 0.15) is 6.10 Å². The second-order valence-corrected chi connectivity index (χ2v) is 11.4. The van der Waals surface area contributed by atoms with E-state index in [0.717, 1.165) is 68.6 Å². The largest absolute Gasteiger partial charge is 0.379 e. The summed E-state index contributed by atoms with van der Waals surface area (Å²) >= 11 is 0. The van der Waals surface area contributed by atoms with Crippen molar-refractivity contribution in [3.05, 3.63) is 47.0 Å². The Labute approximate surface area is 213 Å². The third-order valence-corrected chi connectivity index (χ3v) is 9.15. The van der Waals surface area contributed by atoms with E-state index in [1.165, 1.54) is 5.56 Å². The highest BCUT2D eigenvalue weighted by Crippen LogP contribution is 2.58. The van der Waals surface area contributed by atoms with Gasteiger partial charge in [-0.15, -0.1) is 0 Å². The van der Waals surface area contributed by atoms with E-state index in [1.807, 2.05) is 30.2 Å². The number of methoxy groups -OCH3 is 1. The fourth-order valence-electron chi connectivity index (χ4n) is 7.35. The molecule has 1 saturated carbocycles. The molecule has 2 aromatic heterocycles. The SMILES string of the molecule is COC1COCCC1C[C@@H]1C[C@H]2OC(c3ccnn3C)C[C@@]2(C(=O)N2CCc3ncc(C)cc3C2)C1.